The smallest absolute Gasteiger partial charge is 0.0574 e. The van der Waals surface area contributed by atoms with Crippen molar-refractivity contribution < 1.29 is 0 Å². The van der Waals surface area contributed by atoms with Gasteiger partial charge in [-0.2, -0.15) is 0 Å². The first-order valence-corrected chi connectivity index (χ1v) is 5.06. The Morgan fingerprint density at radius 3 is 2.40 bits per heavy atom. The standard InChI is InChI=1S/C13H14N2/c14-12(13-8-4-5-9-15-13)10-11-6-2-1-3-7-11/h1-9,12H,10,14H2. The molecule has 76 valence electrons. The maximum absolute atomic E-state index is 6.06. The number of benzene rings is 1. The second-order valence-electron chi connectivity index (χ2n) is 3.55. The van der Waals surface area contributed by atoms with Crippen LogP contribution < -0.4 is 5.73 Å². The summed E-state index contributed by atoms with van der Waals surface area (Å²) >= 11 is 0. The molecule has 0 amide bonds. The molecule has 0 saturated heterocycles. The van der Waals surface area contributed by atoms with Crippen LogP contribution in [0, 0.1) is 0 Å². The van der Waals surface area contributed by atoms with E-state index >= 15 is 0 Å². The second-order valence-corrected chi connectivity index (χ2v) is 3.55. The predicted octanol–water partition coefficient (Wildman–Crippen LogP) is 2.32. The maximum Gasteiger partial charge on any atom is 0.0574 e. The Labute approximate surface area is 89.8 Å². The zero-order valence-electron chi connectivity index (χ0n) is 8.51. The van der Waals surface area contributed by atoms with Gasteiger partial charge in [-0.05, 0) is 24.1 Å². The molecule has 2 rings (SSSR count). The average Bonchev–Trinajstić information content (AvgIpc) is 2.31. The molecule has 0 spiro atoms. The molecular formula is C13H14N2. The van der Waals surface area contributed by atoms with Crippen LogP contribution in [0.25, 0.3) is 0 Å². The fourth-order valence-electron chi connectivity index (χ4n) is 1.57. The quantitative estimate of drug-likeness (QED) is 0.822. The molecule has 0 saturated carbocycles. The molecular weight excluding hydrogens is 184 g/mol. The summed E-state index contributed by atoms with van der Waals surface area (Å²) in [6.45, 7) is 0. The fourth-order valence-corrected chi connectivity index (χ4v) is 1.57. The van der Waals surface area contributed by atoms with Crippen molar-refractivity contribution in [3.05, 3.63) is 66.0 Å². The minimum absolute atomic E-state index is 0.0198. The maximum atomic E-state index is 6.06. The molecule has 0 fully saturated rings. The first-order valence-electron chi connectivity index (χ1n) is 5.06. The summed E-state index contributed by atoms with van der Waals surface area (Å²) < 4.78 is 0. The van der Waals surface area contributed by atoms with Crippen molar-refractivity contribution in [3.8, 4) is 0 Å². The molecule has 1 atom stereocenters. The lowest BCUT2D eigenvalue weighted by molar-refractivity contribution is 0.696. The van der Waals surface area contributed by atoms with Gasteiger partial charge in [0.05, 0.1) is 11.7 Å². The third-order valence-electron chi connectivity index (χ3n) is 2.37. The molecule has 1 aromatic heterocycles. The van der Waals surface area contributed by atoms with E-state index in [9.17, 15) is 0 Å². The van der Waals surface area contributed by atoms with Gasteiger partial charge in [0.1, 0.15) is 0 Å². The molecule has 0 aliphatic carbocycles. The van der Waals surface area contributed by atoms with Gasteiger partial charge >= 0.3 is 0 Å². The van der Waals surface area contributed by atoms with Gasteiger partial charge < -0.3 is 5.73 Å². The number of hydrogen-bond acceptors (Lipinski definition) is 2. The van der Waals surface area contributed by atoms with Crippen molar-refractivity contribution in [3.63, 3.8) is 0 Å². The Balaban J connectivity index is 2.08. The lowest BCUT2D eigenvalue weighted by atomic mass is 10.0. The van der Waals surface area contributed by atoms with Crippen molar-refractivity contribution in [2.75, 3.05) is 0 Å². The van der Waals surface area contributed by atoms with Gasteiger partial charge in [-0.1, -0.05) is 36.4 Å². The van der Waals surface area contributed by atoms with E-state index in [0.717, 1.165) is 12.1 Å². The summed E-state index contributed by atoms with van der Waals surface area (Å²) in [6.07, 6.45) is 2.61. The topological polar surface area (TPSA) is 38.9 Å². The van der Waals surface area contributed by atoms with Gasteiger partial charge in [0.25, 0.3) is 0 Å². The zero-order chi connectivity index (χ0) is 10.5. The predicted molar refractivity (Wildman–Crippen MR) is 61.3 cm³/mol. The highest BCUT2D eigenvalue weighted by Gasteiger charge is 2.06. The first-order chi connectivity index (χ1) is 7.36. The zero-order valence-corrected chi connectivity index (χ0v) is 8.51. The minimum Gasteiger partial charge on any atom is -0.322 e. The highest BCUT2D eigenvalue weighted by molar-refractivity contribution is 5.18. The number of rotatable bonds is 3. The molecule has 1 unspecified atom stereocenters. The van der Waals surface area contributed by atoms with E-state index < -0.39 is 0 Å². The number of hydrogen-bond donors (Lipinski definition) is 1. The molecule has 0 aliphatic heterocycles. The molecule has 15 heavy (non-hydrogen) atoms. The molecule has 0 aliphatic rings. The van der Waals surface area contributed by atoms with Crippen molar-refractivity contribution in [1.82, 2.24) is 4.98 Å². The highest BCUT2D eigenvalue weighted by atomic mass is 14.8. The van der Waals surface area contributed by atoms with Gasteiger partial charge in [0.2, 0.25) is 0 Å². The molecule has 0 bridgehead atoms. The molecule has 1 aromatic carbocycles. The van der Waals surface area contributed by atoms with Gasteiger partial charge in [0.15, 0.2) is 0 Å². The van der Waals surface area contributed by atoms with E-state index in [1.807, 2.05) is 36.4 Å². The number of nitrogens with zero attached hydrogens (tertiary/aromatic N) is 1. The molecule has 2 nitrogen and oxygen atoms in total. The summed E-state index contributed by atoms with van der Waals surface area (Å²) in [5.41, 5.74) is 8.26. The normalized spacial score (nSPS) is 12.3. The second kappa shape index (κ2) is 4.71. The van der Waals surface area contributed by atoms with Crippen molar-refractivity contribution in [2.45, 2.75) is 12.5 Å². The van der Waals surface area contributed by atoms with Gasteiger partial charge in [-0.3, -0.25) is 4.98 Å². The van der Waals surface area contributed by atoms with E-state index in [-0.39, 0.29) is 6.04 Å². The summed E-state index contributed by atoms with van der Waals surface area (Å²) in [5.74, 6) is 0. The van der Waals surface area contributed by atoms with Gasteiger partial charge in [0, 0.05) is 6.20 Å². The van der Waals surface area contributed by atoms with Crippen molar-refractivity contribution in [2.24, 2.45) is 5.73 Å². The fraction of sp³-hybridized carbons (Fsp3) is 0.154. The Kier molecular flexibility index (Phi) is 3.10. The lowest BCUT2D eigenvalue weighted by Gasteiger charge is -2.10. The molecule has 2 heteroatoms. The molecule has 2 N–H and O–H groups in total. The van der Waals surface area contributed by atoms with E-state index in [0.29, 0.717) is 0 Å². The van der Waals surface area contributed by atoms with Crippen LogP contribution in [0.1, 0.15) is 17.3 Å². The lowest BCUT2D eigenvalue weighted by Crippen LogP contribution is -2.14. The van der Waals surface area contributed by atoms with E-state index in [1.54, 1.807) is 6.20 Å². The van der Waals surface area contributed by atoms with Crippen molar-refractivity contribution >= 4 is 0 Å². The van der Waals surface area contributed by atoms with E-state index in [4.69, 9.17) is 5.73 Å². The Hall–Kier alpha value is -1.67. The first kappa shape index (κ1) is 9.87. The van der Waals surface area contributed by atoms with Crippen LogP contribution in [0.5, 0.6) is 0 Å². The number of pyridine rings is 1. The monoisotopic (exact) mass is 198 g/mol. The van der Waals surface area contributed by atoms with Crippen LogP contribution >= 0.6 is 0 Å². The summed E-state index contributed by atoms with van der Waals surface area (Å²) in [7, 11) is 0. The third kappa shape index (κ3) is 2.64. The van der Waals surface area contributed by atoms with Crippen LogP contribution in [0.3, 0.4) is 0 Å². The molecule has 0 radical (unpaired) electrons. The van der Waals surface area contributed by atoms with Gasteiger partial charge in [-0.25, -0.2) is 0 Å². The van der Waals surface area contributed by atoms with E-state index in [2.05, 4.69) is 17.1 Å². The van der Waals surface area contributed by atoms with Crippen LogP contribution in [-0.4, -0.2) is 4.98 Å². The highest BCUT2D eigenvalue weighted by Crippen LogP contribution is 2.12. The number of nitrogens with two attached hydrogens (primary N) is 1. The van der Waals surface area contributed by atoms with Crippen molar-refractivity contribution in [1.29, 1.82) is 0 Å². The molecule has 1 heterocycles. The van der Waals surface area contributed by atoms with Crippen LogP contribution in [0.2, 0.25) is 0 Å². The van der Waals surface area contributed by atoms with Gasteiger partial charge in [-0.15, -0.1) is 0 Å². The number of aromatic nitrogens is 1. The third-order valence-corrected chi connectivity index (χ3v) is 2.37. The molecule has 2 aromatic rings. The summed E-state index contributed by atoms with van der Waals surface area (Å²) in [5, 5.41) is 0. The Morgan fingerprint density at radius 2 is 1.73 bits per heavy atom. The Bertz CT molecular complexity index is 397. The minimum atomic E-state index is -0.0198. The SMILES string of the molecule is NC(Cc1ccccc1)c1ccccn1. The van der Waals surface area contributed by atoms with Crippen LogP contribution in [0.4, 0.5) is 0 Å². The largest absolute Gasteiger partial charge is 0.322 e. The van der Waals surface area contributed by atoms with Crippen LogP contribution in [0.15, 0.2) is 54.7 Å². The summed E-state index contributed by atoms with van der Waals surface area (Å²) in [6, 6.07) is 16.1. The van der Waals surface area contributed by atoms with Crippen LogP contribution in [-0.2, 0) is 6.42 Å². The Morgan fingerprint density at radius 1 is 1.00 bits per heavy atom. The average molecular weight is 198 g/mol. The van der Waals surface area contributed by atoms with E-state index in [1.165, 1.54) is 5.56 Å². The summed E-state index contributed by atoms with van der Waals surface area (Å²) in [4.78, 5) is 4.25.